The van der Waals surface area contributed by atoms with Gasteiger partial charge in [0.1, 0.15) is 6.29 Å². The molecule has 44 heavy (non-hydrogen) atoms. The quantitative estimate of drug-likeness (QED) is 0.221. The van der Waals surface area contributed by atoms with E-state index in [1.807, 2.05) is 60.7 Å². The molecule has 0 radical (unpaired) electrons. The highest BCUT2D eigenvalue weighted by atomic mass is 15.4. The van der Waals surface area contributed by atoms with Crippen molar-refractivity contribution in [2.75, 3.05) is 13.3 Å². The fourth-order valence-corrected chi connectivity index (χ4v) is 6.56. The Bertz CT molecular complexity index is 2260. The maximum atomic E-state index is 5.17. The van der Waals surface area contributed by atoms with Gasteiger partial charge in [0.2, 0.25) is 5.95 Å². The average molecular weight is 573 g/mol. The third-order valence-electron chi connectivity index (χ3n) is 8.49. The zero-order valence-corrected chi connectivity index (χ0v) is 23.8. The summed E-state index contributed by atoms with van der Waals surface area (Å²) in [6.07, 6.45) is -0.103. The van der Waals surface area contributed by atoms with Crippen LogP contribution in [-0.4, -0.2) is 37.4 Å². The van der Waals surface area contributed by atoms with E-state index in [1.54, 1.807) is 0 Å². The highest BCUT2D eigenvalue weighted by molar-refractivity contribution is 6.23. The molecular weight excluding hydrogens is 544 g/mol. The molecule has 3 N–H and O–H groups in total. The molecule has 5 aromatic carbocycles. The number of para-hydroxylation sites is 2. The van der Waals surface area contributed by atoms with Crippen molar-refractivity contribution in [2.45, 2.75) is 6.29 Å². The Morgan fingerprint density at radius 3 is 1.66 bits per heavy atom. The van der Waals surface area contributed by atoms with E-state index in [-0.39, 0.29) is 6.29 Å². The first-order valence-corrected chi connectivity index (χ1v) is 14.8. The summed E-state index contributed by atoms with van der Waals surface area (Å²) in [6, 6.07) is 41.9. The molecule has 1 aliphatic rings. The maximum Gasteiger partial charge on any atom is 0.238 e. The lowest BCUT2D eigenvalue weighted by atomic mass is 10.1. The van der Waals surface area contributed by atoms with Crippen LogP contribution >= 0.6 is 0 Å². The minimum Gasteiger partial charge on any atom is -0.309 e. The van der Waals surface area contributed by atoms with Gasteiger partial charge in [0.05, 0.1) is 22.1 Å². The summed E-state index contributed by atoms with van der Waals surface area (Å²) in [7, 11) is 0. The van der Waals surface area contributed by atoms with Crippen molar-refractivity contribution in [3.05, 3.63) is 121 Å². The summed E-state index contributed by atoms with van der Waals surface area (Å²) in [5.74, 6) is 1.85. The number of rotatable bonds is 4. The molecule has 3 aromatic heterocycles. The van der Waals surface area contributed by atoms with Gasteiger partial charge >= 0.3 is 0 Å². The molecule has 212 valence electrons. The lowest BCUT2D eigenvalue weighted by Crippen LogP contribution is -2.52. The summed E-state index contributed by atoms with van der Waals surface area (Å²) < 4.78 is 4.62. The molecule has 1 saturated heterocycles. The lowest BCUT2D eigenvalue weighted by Gasteiger charge is -2.29. The van der Waals surface area contributed by atoms with E-state index in [9.17, 15) is 0 Å². The summed E-state index contributed by atoms with van der Waals surface area (Å²) >= 11 is 0. The fourth-order valence-electron chi connectivity index (χ4n) is 6.56. The summed E-state index contributed by atoms with van der Waals surface area (Å²) in [6.45, 7) is 1.41. The topological polar surface area (TPSA) is 84.6 Å². The van der Waals surface area contributed by atoms with Gasteiger partial charge in [0, 0.05) is 46.0 Å². The molecule has 1 fully saturated rings. The third-order valence-corrected chi connectivity index (χ3v) is 8.49. The van der Waals surface area contributed by atoms with Gasteiger partial charge in [0.25, 0.3) is 0 Å². The van der Waals surface area contributed by atoms with E-state index in [2.05, 4.69) is 85.7 Å². The van der Waals surface area contributed by atoms with Gasteiger partial charge in [-0.25, -0.2) is 4.98 Å². The van der Waals surface area contributed by atoms with Crippen molar-refractivity contribution < 1.29 is 0 Å². The van der Waals surface area contributed by atoms with Crippen LogP contribution in [0.2, 0.25) is 0 Å². The number of nitrogens with one attached hydrogen (secondary N) is 3. The second-order valence-electron chi connectivity index (χ2n) is 11.0. The number of benzene rings is 5. The molecule has 0 spiro atoms. The first kappa shape index (κ1) is 25.1. The molecule has 0 atom stereocenters. The van der Waals surface area contributed by atoms with Crippen molar-refractivity contribution in [3.8, 4) is 28.7 Å². The Morgan fingerprint density at radius 1 is 0.500 bits per heavy atom. The lowest BCUT2D eigenvalue weighted by molar-refractivity contribution is 0.275. The van der Waals surface area contributed by atoms with Crippen LogP contribution in [0, 0.1) is 0 Å². The van der Waals surface area contributed by atoms with Gasteiger partial charge < -0.3 is 4.57 Å². The Morgan fingerprint density at radius 2 is 1.02 bits per heavy atom. The summed E-state index contributed by atoms with van der Waals surface area (Å²) in [5.41, 5.74) is 6.26. The van der Waals surface area contributed by atoms with Gasteiger partial charge in [0.15, 0.2) is 11.6 Å². The normalized spacial score (nSPS) is 14.3. The second-order valence-corrected chi connectivity index (χ2v) is 11.0. The minimum absolute atomic E-state index is 0.103. The van der Waals surface area contributed by atoms with Crippen LogP contribution in [0.1, 0.15) is 6.29 Å². The predicted octanol–water partition coefficient (Wildman–Crippen LogP) is 6.56. The van der Waals surface area contributed by atoms with Gasteiger partial charge in [-0.2, -0.15) is 9.97 Å². The zero-order chi connectivity index (χ0) is 29.0. The molecule has 0 bridgehead atoms. The third kappa shape index (κ3) is 3.86. The van der Waals surface area contributed by atoms with Crippen molar-refractivity contribution >= 4 is 43.6 Å². The van der Waals surface area contributed by atoms with Crippen molar-refractivity contribution in [3.63, 3.8) is 0 Å². The maximum absolute atomic E-state index is 5.17. The van der Waals surface area contributed by atoms with E-state index >= 15 is 0 Å². The van der Waals surface area contributed by atoms with E-state index in [0.717, 1.165) is 44.0 Å². The van der Waals surface area contributed by atoms with Crippen molar-refractivity contribution in [2.24, 2.45) is 0 Å². The monoisotopic (exact) mass is 572 g/mol. The second kappa shape index (κ2) is 10.1. The Labute approximate surface area is 253 Å². The molecule has 8 nitrogen and oxygen atoms in total. The molecule has 0 amide bonds. The number of hydrogen-bond acceptors (Lipinski definition) is 6. The molecular formula is C36H28N8. The highest BCUT2D eigenvalue weighted by Gasteiger charge is 2.25. The predicted molar refractivity (Wildman–Crippen MR) is 176 cm³/mol. The van der Waals surface area contributed by atoms with Gasteiger partial charge in [-0.3, -0.25) is 20.5 Å². The summed E-state index contributed by atoms with van der Waals surface area (Å²) in [5, 5.41) is 15.3. The van der Waals surface area contributed by atoms with E-state index < -0.39 is 0 Å². The molecule has 1 aliphatic heterocycles. The fraction of sp³-hybridized carbons (Fsp3) is 0.0833. The first-order chi connectivity index (χ1) is 21.8. The number of fused-ring (bicyclic) bond motifs is 7. The van der Waals surface area contributed by atoms with Crippen LogP contribution in [0.5, 0.6) is 0 Å². The van der Waals surface area contributed by atoms with Gasteiger partial charge in [-0.15, -0.1) is 0 Å². The van der Waals surface area contributed by atoms with Crippen LogP contribution < -0.4 is 16.0 Å². The first-order valence-electron chi connectivity index (χ1n) is 14.8. The van der Waals surface area contributed by atoms with Crippen molar-refractivity contribution in [1.82, 2.24) is 40.0 Å². The Kier molecular flexibility index (Phi) is 5.77. The van der Waals surface area contributed by atoms with E-state index in [4.69, 9.17) is 15.0 Å². The molecule has 8 heteroatoms. The molecule has 9 rings (SSSR count). The van der Waals surface area contributed by atoms with E-state index in [1.165, 1.54) is 10.8 Å². The van der Waals surface area contributed by atoms with Crippen LogP contribution in [0.3, 0.4) is 0 Å². The zero-order valence-electron chi connectivity index (χ0n) is 23.8. The van der Waals surface area contributed by atoms with Crippen LogP contribution in [0.25, 0.3) is 72.3 Å². The Hall–Kier alpha value is -5.41. The highest BCUT2D eigenvalue weighted by Crippen LogP contribution is 2.41. The smallest absolute Gasteiger partial charge is 0.238 e. The van der Waals surface area contributed by atoms with Crippen LogP contribution in [0.4, 0.5) is 0 Å². The van der Waals surface area contributed by atoms with E-state index in [0.29, 0.717) is 30.9 Å². The molecule has 8 aromatic rings. The van der Waals surface area contributed by atoms with Gasteiger partial charge in [-0.1, -0.05) is 109 Å². The van der Waals surface area contributed by atoms with Gasteiger partial charge in [-0.05, 0) is 12.1 Å². The van der Waals surface area contributed by atoms with Crippen LogP contribution in [-0.2, 0) is 0 Å². The Balaban J connectivity index is 1.44. The number of hydrogen-bond donors (Lipinski definition) is 3. The molecule has 4 heterocycles. The average Bonchev–Trinajstić information content (AvgIpc) is 3.62. The molecule has 0 unspecified atom stereocenters. The molecule has 0 saturated carbocycles. The number of aromatic nitrogens is 5. The van der Waals surface area contributed by atoms with Crippen LogP contribution in [0.15, 0.2) is 121 Å². The van der Waals surface area contributed by atoms with Crippen molar-refractivity contribution in [1.29, 1.82) is 0 Å². The minimum atomic E-state index is -0.103. The molecule has 0 aliphatic carbocycles. The standard InChI is InChI=1S/C36H28N8/c1-3-11-23(12-4-1)33-40-34(24-13-5-2-6-14-24)42-36(41-33)44-30-18-10-8-16-26(30)28-20-19-27-25-15-7-9-17-29(25)43(31(27)32(28)44)35-38-21-37-22-39-35/h1-20,35,37-39H,21-22H2. The summed E-state index contributed by atoms with van der Waals surface area (Å²) in [4.78, 5) is 15.3. The number of nitrogens with zero attached hydrogens (tertiary/aromatic N) is 5. The SMILES string of the molecule is c1ccc(-c2nc(-c3ccccc3)nc(-n3c4ccccc4c4ccc5c6ccccc6n(C6NCNCN6)c5c43)n2)cc1. The largest absolute Gasteiger partial charge is 0.309 e.